The highest BCUT2D eigenvalue weighted by Crippen LogP contribution is 2.06. The van der Waals surface area contributed by atoms with E-state index in [9.17, 15) is 0 Å². The lowest BCUT2D eigenvalue weighted by atomic mass is 10.3. The molecule has 0 spiro atoms. The molecular weight excluding hydrogens is 142 g/mol. The van der Waals surface area contributed by atoms with Crippen molar-refractivity contribution in [3.8, 4) is 0 Å². The molecular formula is C6H9N5. The maximum Gasteiger partial charge on any atom is 0.140 e. The van der Waals surface area contributed by atoms with Crippen LogP contribution < -0.4 is 11.1 Å². The number of hydrogen-bond acceptors (Lipinski definition) is 4. The summed E-state index contributed by atoms with van der Waals surface area (Å²) in [5.74, 6) is 0.544. The van der Waals surface area contributed by atoms with Crippen molar-refractivity contribution in [3.63, 3.8) is 0 Å². The van der Waals surface area contributed by atoms with Crippen LogP contribution in [-0.2, 0) is 0 Å². The maximum atomic E-state index is 7.14. The standard InChI is InChI=1S/C6H9N5/c1-9-6-4(5(7)8)2-10-3-11-6/h2-3H,1H3,(H3,7,8)(H,9,10,11). The van der Waals surface area contributed by atoms with E-state index in [-0.39, 0.29) is 5.84 Å². The number of amidine groups is 1. The average Bonchev–Trinajstić information content (AvgIpc) is 2.04. The Kier molecular flexibility index (Phi) is 2.00. The van der Waals surface area contributed by atoms with Crippen molar-refractivity contribution in [2.45, 2.75) is 0 Å². The quantitative estimate of drug-likeness (QED) is 0.403. The first-order chi connectivity index (χ1) is 5.25. The van der Waals surface area contributed by atoms with Gasteiger partial charge < -0.3 is 11.1 Å². The van der Waals surface area contributed by atoms with Gasteiger partial charge in [-0.05, 0) is 0 Å². The fourth-order valence-electron chi connectivity index (χ4n) is 0.726. The Morgan fingerprint density at radius 1 is 1.73 bits per heavy atom. The lowest BCUT2D eigenvalue weighted by Crippen LogP contribution is -2.14. The number of nitrogens with zero attached hydrogens (tertiary/aromatic N) is 2. The van der Waals surface area contributed by atoms with Crippen LogP contribution in [0.5, 0.6) is 0 Å². The van der Waals surface area contributed by atoms with Crippen LogP contribution in [0.3, 0.4) is 0 Å². The summed E-state index contributed by atoms with van der Waals surface area (Å²) in [5, 5.41) is 9.94. The van der Waals surface area contributed by atoms with Gasteiger partial charge in [0.15, 0.2) is 0 Å². The Balaban J connectivity index is 3.12. The second-order valence-electron chi connectivity index (χ2n) is 1.95. The van der Waals surface area contributed by atoms with Crippen LogP contribution in [0, 0.1) is 5.41 Å². The van der Waals surface area contributed by atoms with E-state index in [4.69, 9.17) is 11.1 Å². The molecule has 58 valence electrons. The third-order valence-electron chi connectivity index (χ3n) is 1.24. The van der Waals surface area contributed by atoms with Crippen LogP contribution in [0.25, 0.3) is 0 Å². The molecule has 0 saturated heterocycles. The lowest BCUT2D eigenvalue weighted by molar-refractivity contribution is 1.14. The van der Waals surface area contributed by atoms with Gasteiger partial charge in [-0.2, -0.15) is 0 Å². The highest BCUT2D eigenvalue weighted by Gasteiger charge is 2.02. The number of nitrogen functional groups attached to an aromatic ring is 1. The topological polar surface area (TPSA) is 87.7 Å². The van der Waals surface area contributed by atoms with Gasteiger partial charge in [0, 0.05) is 13.2 Å². The first kappa shape index (κ1) is 7.46. The van der Waals surface area contributed by atoms with E-state index in [2.05, 4.69) is 15.3 Å². The normalized spacial score (nSPS) is 9.18. The fourth-order valence-corrected chi connectivity index (χ4v) is 0.726. The maximum absolute atomic E-state index is 7.14. The molecule has 11 heavy (non-hydrogen) atoms. The van der Waals surface area contributed by atoms with Gasteiger partial charge in [-0.3, -0.25) is 5.41 Å². The van der Waals surface area contributed by atoms with Gasteiger partial charge in [-0.15, -0.1) is 0 Å². The van der Waals surface area contributed by atoms with Crippen LogP contribution >= 0.6 is 0 Å². The predicted octanol–water partition coefficient (Wildman–Crippen LogP) is -0.198. The van der Waals surface area contributed by atoms with E-state index in [0.29, 0.717) is 11.4 Å². The molecule has 0 fully saturated rings. The Bertz CT molecular complexity index is 269. The summed E-state index contributed by atoms with van der Waals surface area (Å²) >= 11 is 0. The van der Waals surface area contributed by atoms with Crippen LogP contribution in [0.1, 0.15) is 5.56 Å². The van der Waals surface area contributed by atoms with Crippen LogP contribution in [0.15, 0.2) is 12.5 Å². The zero-order chi connectivity index (χ0) is 8.27. The monoisotopic (exact) mass is 151 g/mol. The number of aromatic nitrogens is 2. The van der Waals surface area contributed by atoms with Crippen molar-refractivity contribution in [3.05, 3.63) is 18.1 Å². The summed E-state index contributed by atoms with van der Waals surface area (Å²) in [6.07, 6.45) is 2.90. The number of rotatable bonds is 2. The van der Waals surface area contributed by atoms with E-state index in [1.807, 2.05) is 0 Å². The van der Waals surface area contributed by atoms with Crippen molar-refractivity contribution >= 4 is 11.7 Å². The van der Waals surface area contributed by atoms with Gasteiger partial charge in [0.25, 0.3) is 0 Å². The molecule has 5 heteroatoms. The molecule has 1 heterocycles. The third-order valence-corrected chi connectivity index (χ3v) is 1.24. The minimum Gasteiger partial charge on any atom is -0.384 e. The van der Waals surface area contributed by atoms with Gasteiger partial charge in [0.05, 0.1) is 5.56 Å². The van der Waals surface area contributed by atoms with Gasteiger partial charge in [0.2, 0.25) is 0 Å². The molecule has 1 rings (SSSR count). The van der Waals surface area contributed by atoms with Gasteiger partial charge in [0.1, 0.15) is 18.0 Å². The largest absolute Gasteiger partial charge is 0.384 e. The summed E-state index contributed by atoms with van der Waals surface area (Å²) in [7, 11) is 1.72. The molecule has 0 bridgehead atoms. The molecule has 0 atom stereocenters. The highest BCUT2D eigenvalue weighted by molar-refractivity contribution is 5.98. The van der Waals surface area contributed by atoms with Gasteiger partial charge >= 0.3 is 0 Å². The summed E-state index contributed by atoms with van der Waals surface area (Å²) < 4.78 is 0. The molecule has 4 N–H and O–H groups in total. The van der Waals surface area contributed by atoms with Gasteiger partial charge in [-0.25, -0.2) is 9.97 Å². The Morgan fingerprint density at radius 2 is 2.45 bits per heavy atom. The molecule has 1 aromatic rings. The summed E-state index contributed by atoms with van der Waals surface area (Å²) in [6, 6.07) is 0. The summed E-state index contributed by atoms with van der Waals surface area (Å²) in [5.41, 5.74) is 5.78. The average molecular weight is 151 g/mol. The number of nitrogens with one attached hydrogen (secondary N) is 2. The zero-order valence-electron chi connectivity index (χ0n) is 6.13. The minimum absolute atomic E-state index is 0.0325. The summed E-state index contributed by atoms with van der Waals surface area (Å²) in [4.78, 5) is 7.62. The van der Waals surface area contributed by atoms with Crippen LogP contribution in [0.2, 0.25) is 0 Å². The van der Waals surface area contributed by atoms with Gasteiger partial charge in [-0.1, -0.05) is 0 Å². The predicted molar refractivity (Wildman–Crippen MR) is 42.6 cm³/mol. The minimum atomic E-state index is -0.0325. The number of hydrogen-bond donors (Lipinski definition) is 3. The van der Waals surface area contributed by atoms with Crippen LogP contribution in [0.4, 0.5) is 5.82 Å². The molecule has 5 nitrogen and oxygen atoms in total. The summed E-state index contributed by atoms with van der Waals surface area (Å²) in [6.45, 7) is 0. The molecule has 0 aliphatic carbocycles. The van der Waals surface area contributed by atoms with Crippen molar-refractivity contribution in [1.29, 1.82) is 5.41 Å². The van der Waals surface area contributed by atoms with E-state index in [1.165, 1.54) is 12.5 Å². The van der Waals surface area contributed by atoms with E-state index >= 15 is 0 Å². The molecule has 1 aromatic heterocycles. The molecule has 0 aliphatic heterocycles. The third kappa shape index (κ3) is 1.43. The Labute approximate surface area is 64.2 Å². The second-order valence-corrected chi connectivity index (χ2v) is 1.95. The van der Waals surface area contributed by atoms with Crippen molar-refractivity contribution in [1.82, 2.24) is 9.97 Å². The molecule has 0 aliphatic rings. The second kappa shape index (κ2) is 2.96. The Morgan fingerprint density at radius 3 is 2.91 bits per heavy atom. The number of anilines is 1. The lowest BCUT2D eigenvalue weighted by Gasteiger charge is -2.03. The molecule has 0 amide bonds. The molecule has 0 saturated carbocycles. The smallest absolute Gasteiger partial charge is 0.140 e. The number of nitrogens with two attached hydrogens (primary N) is 1. The highest BCUT2D eigenvalue weighted by atomic mass is 15.0. The van der Waals surface area contributed by atoms with Crippen molar-refractivity contribution in [2.24, 2.45) is 5.73 Å². The van der Waals surface area contributed by atoms with E-state index in [0.717, 1.165) is 0 Å². The fraction of sp³-hybridized carbons (Fsp3) is 0.167. The van der Waals surface area contributed by atoms with E-state index in [1.54, 1.807) is 7.05 Å². The SMILES string of the molecule is CNc1ncncc1C(=N)N. The van der Waals surface area contributed by atoms with Crippen LogP contribution in [-0.4, -0.2) is 22.9 Å². The van der Waals surface area contributed by atoms with Crippen molar-refractivity contribution < 1.29 is 0 Å². The first-order valence-electron chi connectivity index (χ1n) is 3.08. The Hall–Kier alpha value is -1.65. The molecule has 0 aromatic carbocycles. The molecule has 0 radical (unpaired) electrons. The van der Waals surface area contributed by atoms with E-state index < -0.39 is 0 Å². The van der Waals surface area contributed by atoms with Crippen molar-refractivity contribution in [2.75, 3.05) is 12.4 Å². The zero-order valence-corrected chi connectivity index (χ0v) is 6.13. The molecule has 0 unspecified atom stereocenters. The first-order valence-corrected chi connectivity index (χ1v) is 3.08.